The lowest BCUT2D eigenvalue weighted by atomic mass is 10.2. The fraction of sp³-hybridized carbons (Fsp3) is 0.333. The van der Waals surface area contributed by atoms with Crippen molar-refractivity contribution in [2.24, 2.45) is 5.73 Å². The molecule has 0 bridgehead atoms. The topological polar surface area (TPSA) is 50.9 Å². The molecule has 0 aromatic carbocycles. The third-order valence-electron chi connectivity index (χ3n) is 1.53. The van der Waals surface area contributed by atoms with Gasteiger partial charge in [-0.3, -0.25) is 4.98 Å². The molecule has 1 aromatic heterocycles. The number of pyridine rings is 1. The first-order valence-corrected chi connectivity index (χ1v) is 4.52. The first kappa shape index (κ1) is 9.92. The van der Waals surface area contributed by atoms with Crippen molar-refractivity contribution in [2.75, 3.05) is 5.32 Å². The summed E-state index contributed by atoms with van der Waals surface area (Å²) in [6, 6.07) is 2.23. The molecule has 0 aliphatic heterocycles. The first-order valence-electron chi connectivity index (χ1n) is 4.11. The number of nitrogens with two attached hydrogens (primary N) is 1. The van der Waals surface area contributed by atoms with E-state index in [-0.39, 0.29) is 0 Å². The van der Waals surface area contributed by atoms with Gasteiger partial charge in [-0.15, -0.1) is 0 Å². The molecular weight excluding hydrogens is 182 g/mol. The van der Waals surface area contributed by atoms with Gasteiger partial charge in [-0.1, -0.05) is 12.2 Å². The van der Waals surface area contributed by atoms with E-state index in [2.05, 4.69) is 24.1 Å². The molecule has 0 amide bonds. The molecular formula is C9H13N3S. The summed E-state index contributed by atoms with van der Waals surface area (Å²) in [4.78, 5) is 4.34. The van der Waals surface area contributed by atoms with Crippen LogP contribution in [-0.2, 0) is 0 Å². The van der Waals surface area contributed by atoms with Gasteiger partial charge in [0.05, 0.1) is 5.56 Å². The van der Waals surface area contributed by atoms with Gasteiger partial charge in [0.25, 0.3) is 0 Å². The van der Waals surface area contributed by atoms with Crippen LogP contribution in [0, 0.1) is 0 Å². The number of hydrogen-bond donors (Lipinski definition) is 2. The average Bonchev–Trinajstić information content (AvgIpc) is 2.03. The van der Waals surface area contributed by atoms with E-state index in [0.29, 0.717) is 11.0 Å². The van der Waals surface area contributed by atoms with Crippen molar-refractivity contribution in [1.29, 1.82) is 0 Å². The summed E-state index contributed by atoms with van der Waals surface area (Å²) < 4.78 is 0. The van der Waals surface area contributed by atoms with E-state index in [4.69, 9.17) is 18.0 Å². The van der Waals surface area contributed by atoms with Crippen LogP contribution < -0.4 is 11.1 Å². The van der Waals surface area contributed by atoms with Crippen molar-refractivity contribution in [2.45, 2.75) is 19.9 Å². The standard InChI is InChI=1S/C9H13N3S/c1-6(2)12-8-3-4-11-5-7(8)9(10)13/h3-6H,1-2H3,(H2,10,13)(H,11,12). The summed E-state index contributed by atoms with van der Waals surface area (Å²) in [5.41, 5.74) is 7.28. The number of thiocarbonyl (C=S) groups is 1. The zero-order chi connectivity index (χ0) is 9.84. The Bertz CT molecular complexity index is 309. The lowest BCUT2D eigenvalue weighted by molar-refractivity contribution is 0.898. The Labute approximate surface area is 83.4 Å². The van der Waals surface area contributed by atoms with Crippen molar-refractivity contribution >= 4 is 22.9 Å². The monoisotopic (exact) mass is 195 g/mol. The van der Waals surface area contributed by atoms with Crippen molar-refractivity contribution in [3.8, 4) is 0 Å². The van der Waals surface area contributed by atoms with Gasteiger partial charge in [0.2, 0.25) is 0 Å². The SMILES string of the molecule is CC(C)Nc1ccncc1C(N)=S. The van der Waals surface area contributed by atoms with Crippen LogP contribution in [0.4, 0.5) is 5.69 Å². The molecule has 1 aromatic rings. The smallest absolute Gasteiger partial charge is 0.107 e. The molecule has 0 radical (unpaired) electrons. The van der Waals surface area contributed by atoms with Crippen LogP contribution >= 0.6 is 12.2 Å². The predicted molar refractivity (Wildman–Crippen MR) is 58.9 cm³/mol. The molecule has 0 saturated carbocycles. The molecule has 0 spiro atoms. The second-order valence-corrected chi connectivity index (χ2v) is 3.52. The summed E-state index contributed by atoms with van der Waals surface area (Å²) in [7, 11) is 0. The molecule has 0 fully saturated rings. The fourth-order valence-corrected chi connectivity index (χ4v) is 1.19. The van der Waals surface area contributed by atoms with Crippen molar-refractivity contribution < 1.29 is 0 Å². The number of rotatable bonds is 3. The molecule has 1 rings (SSSR count). The number of nitrogens with zero attached hydrogens (tertiary/aromatic N) is 1. The molecule has 3 nitrogen and oxygen atoms in total. The quantitative estimate of drug-likeness (QED) is 0.718. The third kappa shape index (κ3) is 2.66. The second-order valence-electron chi connectivity index (χ2n) is 3.08. The van der Waals surface area contributed by atoms with E-state index in [9.17, 15) is 0 Å². The van der Waals surface area contributed by atoms with Crippen molar-refractivity contribution in [1.82, 2.24) is 4.98 Å². The van der Waals surface area contributed by atoms with Gasteiger partial charge in [0.15, 0.2) is 0 Å². The van der Waals surface area contributed by atoms with Gasteiger partial charge in [0, 0.05) is 24.1 Å². The highest BCUT2D eigenvalue weighted by Gasteiger charge is 2.04. The Balaban J connectivity index is 2.98. The Morgan fingerprint density at radius 3 is 2.85 bits per heavy atom. The molecule has 0 unspecified atom stereocenters. The fourth-order valence-electron chi connectivity index (χ4n) is 1.03. The highest BCUT2D eigenvalue weighted by atomic mass is 32.1. The lowest BCUT2D eigenvalue weighted by Crippen LogP contribution is -2.17. The number of anilines is 1. The van der Waals surface area contributed by atoms with E-state index in [1.807, 2.05) is 6.07 Å². The van der Waals surface area contributed by atoms with E-state index >= 15 is 0 Å². The third-order valence-corrected chi connectivity index (χ3v) is 1.75. The summed E-state index contributed by atoms with van der Waals surface area (Å²) in [5, 5.41) is 3.25. The lowest BCUT2D eigenvalue weighted by Gasteiger charge is -2.12. The maximum atomic E-state index is 5.54. The van der Waals surface area contributed by atoms with Crippen LogP contribution in [0.5, 0.6) is 0 Å². The minimum atomic E-state index is 0.357. The highest BCUT2D eigenvalue weighted by Crippen LogP contribution is 2.13. The van der Waals surface area contributed by atoms with Crippen LogP contribution in [0.3, 0.4) is 0 Å². The summed E-state index contributed by atoms with van der Waals surface area (Å²) in [6.45, 7) is 4.12. The Kier molecular flexibility index (Phi) is 3.19. The Morgan fingerprint density at radius 2 is 2.31 bits per heavy atom. The van der Waals surface area contributed by atoms with Crippen LogP contribution in [-0.4, -0.2) is 16.0 Å². The van der Waals surface area contributed by atoms with Crippen LogP contribution in [0.2, 0.25) is 0 Å². The number of nitrogens with one attached hydrogen (secondary N) is 1. The van der Waals surface area contributed by atoms with Gasteiger partial charge in [0.1, 0.15) is 4.99 Å². The van der Waals surface area contributed by atoms with Gasteiger partial charge < -0.3 is 11.1 Å². The average molecular weight is 195 g/mol. The normalized spacial score (nSPS) is 10.1. The maximum absolute atomic E-state index is 5.54. The van der Waals surface area contributed by atoms with Crippen molar-refractivity contribution in [3.05, 3.63) is 24.0 Å². The van der Waals surface area contributed by atoms with E-state index in [1.54, 1.807) is 12.4 Å². The predicted octanol–water partition coefficient (Wildman–Crippen LogP) is 1.54. The Morgan fingerprint density at radius 1 is 1.62 bits per heavy atom. The second kappa shape index (κ2) is 4.18. The van der Waals surface area contributed by atoms with E-state index in [0.717, 1.165) is 11.3 Å². The largest absolute Gasteiger partial charge is 0.389 e. The van der Waals surface area contributed by atoms with E-state index in [1.165, 1.54) is 0 Å². The first-order chi connectivity index (χ1) is 6.11. The van der Waals surface area contributed by atoms with Crippen molar-refractivity contribution in [3.63, 3.8) is 0 Å². The Hall–Kier alpha value is -1.16. The van der Waals surface area contributed by atoms with Crippen LogP contribution in [0.1, 0.15) is 19.4 Å². The number of aromatic nitrogens is 1. The zero-order valence-electron chi connectivity index (χ0n) is 7.74. The summed E-state index contributed by atoms with van der Waals surface area (Å²) in [6.07, 6.45) is 3.39. The van der Waals surface area contributed by atoms with Gasteiger partial charge in [-0.05, 0) is 19.9 Å². The minimum Gasteiger partial charge on any atom is -0.389 e. The molecule has 0 saturated heterocycles. The molecule has 3 N–H and O–H groups in total. The highest BCUT2D eigenvalue weighted by molar-refractivity contribution is 7.80. The molecule has 70 valence electrons. The molecule has 0 aliphatic carbocycles. The molecule has 1 heterocycles. The van der Waals surface area contributed by atoms with Gasteiger partial charge >= 0.3 is 0 Å². The molecule has 4 heteroatoms. The van der Waals surface area contributed by atoms with Crippen LogP contribution in [0.15, 0.2) is 18.5 Å². The van der Waals surface area contributed by atoms with Gasteiger partial charge in [-0.25, -0.2) is 0 Å². The van der Waals surface area contributed by atoms with E-state index < -0.39 is 0 Å². The molecule has 0 aliphatic rings. The molecule has 13 heavy (non-hydrogen) atoms. The van der Waals surface area contributed by atoms with Crippen LogP contribution in [0.25, 0.3) is 0 Å². The maximum Gasteiger partial charge on any atom is 0.107 e. The molecule has 0 atom stereocenters. The summed E-state index contributed by atoms with van der Waals surface area (Å²) in [5.74, 6) is 0. The number of hydrogen-bond acceptors (Lipinski definition) is 3. The summed E-state index contributed by atoms with van der Waals surface area (Å²) >= 11 is 4.90. The zero-order valence-corrected chi connectivity index (χ0v) is 8.56. The van der Waals surface area contributed by atoms with Gasteiger partial charge in [-0.2, -0.15) is 0 Å². The minimum absolute atomic E-state index is 0.357.